The van der Waals surface area contributed by atoms with E-state index in [2.05, 4.69) is 4.98 Å². The number of likely N-dealkylation sites (tertiary alicyclic amines) is 1. The van der Waals surface area contributed by atoms with E-state index in [4.69, 9.17) is 0 Å². The van der Waals surface area contributed by atoms with Gasteiger partial charge in [0.15, 0.2) is 0 Å². The lowest BCUT2D eigenvalue weighted by molar-refractivity contribution is -0.154. The van der Waals surface area contributed by atoms with E-state index in [1.165, 1.54) is 38.3 Å². The normalized spacial score (nSPS) is 27.2. The Morgan fingerprint density at radius 1 is 1.20 bits per heavy atom. The number of rotatable bonds is 6. The van der Waals surface area contributed by atoms with Gasteiger partial charge in [-0.25, -0.2) is 0 Å². The molecule has 1 unspecified atom stereocenters. The molecule has 1 aromatic heterocycles. The Kier molecular flexibility index (Phi) is 6.06. The van der Waals surface area contributed by atoms with Crippen molar-refractivity contribution in [1.82, 2.24) is 14.5 Å². The molecule has 1 aromatic rings. The summed E-state index contributed by atoms with van der Waals surface area (Å²) in [6.07, 6.45) is 14.0. The van der Waals surface area contributed by atoms with Crippen molar-refractivity contribution in [3.63, 3.8) is 0 Å². The maximum atomic E-state index is 12.9. The molecule has 1 amide bonds. The molecule has 0 radical (unpaired) electrons. The van der Waals surface area contributed by atoms with E-state index in [1.807, 2.05) is 24.9 Å². The minimum Gasteiger partial charge on any atom is -0.387 e. The third-order valence-electron chi connectivity index (χ3n) is 7.81. The fraction of sp³-hybridized carbons (Fsp3) is 0.792. The number of hydrogen-bond acceptors (Lipinski definition) is 4. The van der Waals surface area contributed by atoms with E-state index in [-0.39, 0.29) is 18.0 Å². The van der Waals surface area contributed by atoms with Crippen LogP contribution in [0.4, 0.5) is 0 Å². The molecule has 1 aliphatic heterocycles. The Balaban J connectivity index is 1.38. The molecule has 2 aliphatic carbocycles. The van der Waals surface area contributed by atoms with Crippen LogP contribution in [0.5, 0.6) is 0 Å². The maximum Gasteiger partial charge on any atom is 0.269 e. The summed E-state index contributed by atoms with van der Waals surface area (Å²) in [5.74, 6) is 1.38. The second-order valence-electron chi connectivity index (χ2n) is 10.6. The summed E-state index contributed by atoms with van der Waals surface area (Å²) in [6.45, 7) is 5.37. The molecule has 0 spiro atoms. The third kappa shape index (κ3) is 4.63. The van der Waals surface area contributed by atoms with Gasteiger partial charge in [0.05, 0.1) is 24.0 Å². The van der Waals surface area contributed by atoms with Gasteiger partial charge in [0.25, 0.3) is 5.56 Å². The highest BCUT2D eigenvalue weighted by molar-refractivity contribution is 5.76. The van der Waals surface area contributed by atoms with Crippen molar-refractivity contribution in [2.75, 3.05) is 13.1 Å². The second-order valence-corrected chi connectivity index (χ2v) is 10.6. The Morgan fingerprint density at radius 3 is 2.60 bits per heavy atom. The van der Waals surface area contributed by atoms with Gasteiger partial charge in [0, 0.05) is 37.0 Å². The fourth-order valence-electron chi connectivity index (χ4n) is 5.28. The van der Waals surface area contributed by atoms with Crippen molar-refractivity contribution in [2.24, 2.45) is 11.3 Å². The highest BCUT2D eigenvalue weighted by Crippen LogP contribution is 2.41. The Hall–Kier alpha value is -1.69. The molecule has 3 aliphatic rings. The van der Waals surface area contributed by atoms with Crippen molar-refractivity contribution in [3.05, 3.63) is 28.4 Å². The summed E-state index contributed by atoms with van der Waals surface area (Å²) >= 11 is 0. The summed E-state index contributed by atoms with van der Waals surface area (Å²) in [5.41, 5.74) is -0.742. The lowest BCUT2D eigenvalue weighted by Gasteiger charge is -2.50. The lowest BCUT2D eigenvalue weighted by Crippen LogP contribution is -2.60. The van der Waals surface area contributed by atoms with E-state index in [0.29, 0.717) is 37.8 Å². The van der Waals surface area contributed by atoms with Gasteiger partial charge in [-0.15, -0.1) is 0 Å². The number of amides is 1. The zero-order valence-corrected chi connectivity index (χ0v) is 18.6. The molecule has 166 valence electrons. The molecule has 1 N–H and O–H groups in total. The molecule has 2 heterocycles. The van der Waals surface area contributed by atoms with E-state index in [0.717, 1.165) is 25.0 Å². The van der Waals surface area contributed by atoms with Gasteiger partial charge in [-0.3, -0.25) is 14.6 Å². The molecule has 0 aromatic carbocycles. The zero-order valence-electron chi connectivity index (χ0n) is 18.6. The molecule has 1 saturated heterocycles. The van der Waals surface area contributed by atoms with Crippen LogP contribution < -0.4 is 5.56 Å². The van der Waals surface area contributed by atoms with E-state index in [1.54, 1.807) is 4.57 Å². The van der Waals surface area contributed by atoms with Crippen LogP contribution in [0.3, 0.4) is 0 Å². The molecule has 4 rings (SSSR count). The van der Waals surface area contributed by atoms with Gasteiger partial charge in [0.2, 0.25) is 5.91 Å². The predicted molar refractivity (Wildman–Crippen MR) is 116 cm³/mol. The highest BCUT2D eigenvalue weighted by atomic mass is 16.3. The Morgan fingerprint density at radius 2 is 1.93 bits per heavy atom. The number of carbonyl (C=O) groups excluding carboxylic acids is 1. The molecule has 2 saturated carbocycles. The largest absolute Gasteiger partial charge is 0.387 e. The molecule has 0 bridgehead atoms. The SMILES string of the molecule is CC1(C)CN(C(=O)CCC2CCCCC2)CCC1(O)Cn1cc(C2CC2)ncc1=O. The van der Waals surface area contributed by atoms with Gasteiger partial charge < -0.3 is 14.6 Å². The zero-order chi connectivity index (χ0) is 21.4. The second kappa shape index (κ2) is 8.45. The monoisotopic (exact) mass is 415 g/mol. The van der Waals surface area contributed by atoms with Crippen LogP contribution in [-0.4, -0.2) is 44.2 Å². The Bertz CT molecular complexity index is 823. The first-order chi connectivity index (χ1) is 14.3. The number of nitrogens with zero attached hydrogens (tertiary/aromatic N) is 3. The first-order valence-electron chi connectivity index (χ1n) is 11.8. The number of aliphatic hydroxyl groups is 1. The highest BCUT2D eigenvalue weighted by Gasteiger charge is 2.48. The average molecular weight is 416 g/mol. The van der Waals surface area contributed by atoms with Crippen LogP contribution in [0.2, 0.25) is 0 Å². The van der Waals surface area contributed by atoms with Crippen molar-refractivity contribution in [3.8, 4) is 0 Å². The van der Waals surface area contributed by atoms with Crippen LogP contribution in [0, 0.1) is 11.3 Å². The summed E-state index contributed by atoms with van der Waals surface area (Å²) in [4.78, 5) is 31.4. The van der Waals surface area contributed by atoms with Crippen LogP contribution >= 0.6 is 0 Å². The first kappa shape index (κ1) is 21.5. The minimum atomic E-state index is -1.03. The first-order valence-corrected chi connectivity index (χ1v) is 11.8. The summed E-state index contributed by atoms with van der Waals surface area (Å²) < 4.78 is 1.63. The number of piperidine rings is 1. The van der Waals surface area contributed by atoms with E-state index < -0.39 is 11.0 Å². The predicted octanol–water partition coefficient (Wildman–Crippen LogP) is 3.47. The molecule has 30 heavy (non-hydrogen) atoms. The van der Waals surface area contributed by atoms with Crippen molar-refractivity contribution >= 4 is 5.91 Å². The van der Waals surface area contributed by atoms with Gasteiger partial charge in [0.1, 0.15) is 0 Å². The van der Waals surface area contributed by atoms with Gasteiger partial charge in [-0.1, -0.05) is 46.0 Å². The summed E-state index contributed by atoms with van der Waals surface area (Å²) in [6, 6.07) is 0. The maximum absolute atomic E-state index is 12.9. The van der Waals surface area contributed by atoms with Gasteiger partial charge in [-0.05, 0) is 31.6 Å². The molecule has 6 nitrogen and oxygen atoms in total. The summed E-state index contributed by atoms with van der Waals surface area (Å²) in [5, 5.41) is 11.5. The van der Waals surface area contributed by atoms with Gasteiger partial charge >= 0.3 is 0 Å². The van der Waals surface area contributed by atoms with Crippen molar-refractivity contribution in [1.29, 1.82) is 0 Å². The lowest BCUT2D eigenvalue weighted by atomic mass is 9.69. The minimum absolute atomic E-state index is 0.172. The molecule has 6 heteroatoms. The molecule has 3 fully saturated rings. The fourth-order valence-corrected chi connectivity index (χ4v) is 5.28. The van der Waals surface area contributed by atoms with E-state index >= 15 is 0 Å². The molecule has 1 atom stereocenters. The Labute approximate surface area is 179 Å². The average Bonchev–Trinajstić information content (AvgIpc) is 3.56. The number of carbonyl (C=O) groups is 1. The van der Waals surface area contributed by atoms with Crippen LogP contribution in [-0.2, 0) is 11.3 Å². The molecular formula is C24H37N3O3. The van der Waals surface area contributed by atoms with Gasteiger partial charge in [-0.2, -0.15) is 0 Å². The van der Waals surface area contributed by atoms with Crippen LogP contribution in [0.15, 0.2) is 17.2 Å². The van der Waals surface area contributed by atoms with Crippen LogP contribution in [0.25, 0.3) is 0 Å². The molecular weight excluding hydrogens is 378 g/mol. The van der Waals surface area contributed by atoms with E-state index in [9.17, 15) is 14.7 Å². The standard InChI is InChI=1S/C24H37N3O3/c1-23(2)16-26(21(28)11-8-18-6-4-3-5-7-18)13-12-24(23,30)17-27-15-20(19-9-10-19)25-14-22(27)29/h14-15,18-19,30H,3-13,16-17H2,1-2H3. The van der Waals surface area contributed by atoms with Crippen LogP contribution in [0.1, 0.15) is 89.7 Å². The summed E-state index contributed by atoms with van der Waals surface area (Å²) in [7, 11) is 0. The topological polar surface area (TPSA) is 75.4 Å². The van der Waals surface area contributed by atoms with Crippen molar-refractivity contribution in [2.45, 2.75) is 96.1 Å². The van der Waals surface area contributed by atoms with Crippen molar-refractivity contribution < 1.29 is 9.90 Å². The quantitative estimate of drug-likeness (QED) is 0.772. The number of hydrogen-bond donors (Lipinski definition) is 1. The third-order valence-corrected chi connectivity index (χ3v) is 7.81. The smallest absolute Gasteiger partial charge is 0.269 e. The number of aromatic nitrogens is 2.